The second-order valence-electron chi connectivity index (χ2n) is 10.3. The van der Waals surface area contributed by atoms with Gasteiger partial charge in [0.1, 0.15) is 22.9 Å². The van der Waals surface area contributed by atoms with Crippen LogP contribution < -0.4 is 15.4 Å². The van der Waals surface area contributed by atoms with Crippen LogP contribution in [-0.4, -0.2) is 45.8 Å². The number of ether oxygens (including phenoxy) is 2. The van der Waals surface area contributed by atoms with Crippen LogP contribution >= 0.6 is 0 Å². The van der Waals surface area contributed by atoms with Crippen LogP contribution in [0.2, 0.25) is 0 Å². The topological polar surface area (TPSA) is 117 Å². The lowest BCUT2D eigenvalue weighted by molar-refractivity contribution is -0.0494. The average molecular weight is 526 g/mol. The molecule has 1 aromatic carbocycles. The molecule has 0 spiro atoms. The molecule has 4 heterocycles. The predicted molar refractivity (Wildman–Crippen MR) is 133 cm³/mol. The van der Waals surface area contributed by atoms with Gasteiger partial charge >= 0.3 is 6.61 Å². The molecular formula is C27H29F2N5O4. The van der Waals surface area contributed by atoms with Crippen molar-refractivity contribution >= 4 is 11.9 Å². The van der Waals surface area contributed by atoms with Gasteiger partial charge < -0.3 is 24.6 Å². The molecule has 2 bridgehead atoms. The van der Waals surface area contributed by atoms with Crippen molar-refractivity contribution in [1.29, 1.82) is 0 Å². The van der Waals surface area contributed by atoms with E-state index < -0.39 is 12.5 Å². The average Bonchev–Trinajstić information content (AvgIpc) is 3.58. The number of amides is 1. The molecule has 2 saturated heterocycles. The number of rotatable bonds is 9. The summed E-state index contributed by atoms with van der Waals surface area (Å²) in [5, 5.41) is 4.26. The molecule has 1 aliphatic carbocycles. The molecule has 3 aliphatic rings. The Morgan fingerprint density at radius 2 is 1.89 bits per heavy atom. The summed E-state index contributed by atoms with van der Waals surface area (Å²) in [6.45, 7) is -0.846. The third-order valence-corrected chi connectivity index (χ3v) is 7.60. The lowest BCUT2D eigenvalue weighted by atomic mass is 9.99. The van der Waals surface area contributed by atoms with E-state index >= 15 is 0 Å². The number of benzene rings is 1. The lowest BCUT2D eigenvalue weighted by Crippen LogP contribution is -2.46. The number of aryl methyl sites for hydroxylation is 1. The van der Waals surface area contributed by atoms with Gasteiger partial charge in [-0.3, -0.25) is 4.79 Å². The first-order valence-electron chi connectivity index (χ1n) is 13.0. The largest absolute Gasteiger partial charge is 0.434 e. The molecule has 3 fully saturated rings. The molecule has 2 unspecified atom stereocenters. The molecule has 0 radical (unpaired) electrons. The summed E-state index contributed by atoms with van der Waals surface area (Å²) >= 11 is 0. The molecule has 1 saturated carbocycles. The summed E-state index contributed by atoms with van der Waals surface area (Å²) in [4.78, 5) is 23.0. The van der Waals surface area contributed by atoms with Crippen molar-refractivity contribution in [3.05, 3.63) is 53.0 Å². The number of nitrogens with zero attached hydrogens (tertiary/aromatic N) is 4. The Morgan fingerprint density at radius 3 is 2.58 bits per heavy atom. The molecule has 6 rings (SSSR count). The van der Waals surface area contributed by atoms with Gasteiger partial charge in [-0.15, -0.1) is 0 Å². The quantitative estimate of drug-likeness (QED) is 0.426. The van der Waals surface area contributed by atoms with Gasteiger partial charge in [-0.05, 0) is 63.6 Å². The van der Waals surface area contributed by atoms with E-state index in [1.54, 1.807) is 24.3 Å². The van der Waals surface area contributed by atoms with E-state index in [9.17, 15) is 13.6 Å². The Bertz CT molecular complexity index is 1330. The van der Waals surface area contributed by atoms with Gasteiger partial charge in [0.2, 0.25) is 5.95 Å². The smallest absolute Gasteiger partial charge is 0.387 e. The zero-order valence-electron chi connectivity index (χ0n) is 21.0. The van der Waals surface area contributed by atoms with Crippen molar-refractivity contribution in [2.24, 2.45) is 5.73 Å². The molecule has 3 atom stereocenters. The van der Waals surface area contributed by atoms with E-state index in [1.807, 2.05) is 6.92 Å². The fourth-order valence-electron chi connectivity index (χ4n) is 5.79. The van der Waals surface area contributed by atoms with Crippen molar-refractivity contribution in [1.82, 2.24) is 15.1 Å². The highest BCUT2D eigenvalue weighted by Crippen LogP contribution is 2.46. The van der Waals surface area contributed by atoms with Gasteiger partial charge in [-0.2, -0.15) is 8.78 Å². The summed E-state index contributed by atoms with van der Waals surface area (Å²) in [7, 11) is 0. The van der Waals surface area contributed by atoms with Gasteiger partial charge in [0.25, 0.3) is 5.91 Å². The van der Waals surface area contributed by atoms with Crippen LogP contribution in [0.4, 0.5) is 14.7 Å². The van der Waals surface area contributed by atoms with E-state index in [1.165, 1.54) is 6.07 Å². The summed E-state index contributed by atoms with van der Waals surface area (Å²) in [6.07, 6.45) is 5.53. The Hall–Kier alpha value is -3.60. The van der Waals surface area contributed by atoms with Crippen LogP contribution in [0, 0.1) is 6.92 Å². The molecule has 2 N–H and O–H groups in total. The molecule has 1 amide bonds. The molecular weight excluding hydrogens is 496 g/mol. The van der Waals surface area contributed by atoms with E-state index in [0.29, 0.717) is 22.9 Å². The van der Waals surface area contributed by atoms with Crippen molar-refractivity contribution in [3.8, 4) is 17.0 Å². The highest BCUT2D eigenvalue weighted by atomic mass is 19.3. The SMILES string of the molecule is Cc1cc(C(N)=O)nc(N2C3CC[C@H]2CC(OCc2c(-c4ccccc4OC(F)F)noc2C2CC2)C3)n1. The molecule has 200 valence electrons. The number of hydrogen-bond acceptors (Lipinski definition) is 8. The molecule has 11 heteroatoms. The lowest BCUT2D eigenvalue weighted by Gasteiger charge is -2.39. The van der Waals surface area contributed by atoms with Gasteiger partial charge in [0.15, 0.2) is 0 Å². The number of aromatic nitrogens is 3. The minimum absolute atomic E-state index is 0.00784. The molecule has 9 nitrogen and oxygen atoms in total. The Labute approximate surface area is 218 Å². The maximum Gasteiger partial charge on any atom is 0.387 e. The van der Waals surface area contributed by atoms with E-state index in [4.69, 9.17) is 19.7 Å². The first kappa shape index (κ1) is 24.7. The van der Waals surface area contributed by atoms with Crippen LogP contribution in [-0.2, 0) is 11.3 Å². The number of hydrogen-bond donors (Lipinski definition) is 1. The fraction of sp³-hybridized carbons (Fsp3) is 0.481. The summed E-state index contributed by atoms with van der Waals surface area (Å²) in [5.41, 5.74) is 8.12. The second kappa shape index (κ2) is 9.94. The number of fused-ring (bicyclic) bond motifs is 2. The number of halogens is 2. The standard InChI is InChI=1S/C27H29F2N5O4/c1-14-10-21(25(30)35)32-27(31-14)34-16-8-9-17(34)12-18(11-16)36-13-20-23(33-38-24(20)15-6-7-15)19-4-2-3-5-22(19)37-26(28)29/h2-5,10,15-18,26H,6-9,11-13H2,1H3,(H2,30,35)/t16-,17?,18?/m0/s1. The van der Waals surface area contributed by atoms with E-state index in [-0.39, 0.29) is 42.2 Å². The van der Waals surface area contributed by atoms with Gasteiger partial charge in [-0.25, -0.2) is 9.97 Å². The summed E-state index contributed by atoms with van der Waals surface area (Å²) in [5.74, 6) is 1.06. The number of anilines is 1. The third kappa shape index (κ3) is 4.82. The number of para-hydroxylation sites is 1. The first-order chi connectivity index (χ1) is 18.4. The number of piperidine rings is 1. The van der Waals surface area contributed by atoms with Gasteiger partial charge in [0, 0.05) is 34.8 Å². The van der Waals surface area contributed by atoms with E-state index in [2.05, 4.69) is 20.0 Å². The maximum atomic E-state index is 13.0. The summed E-state index contributed by atoms with van der Waals surface area (Å²) in [6, 6.07) is 8.58. The minimum Gasteiger partial charge on any atom is -0.434 e. The number of carbonyl (C=O) groups is 1. The van der Waals surface area contributed by atoms with Crippen LogP contribution in [0.5, 0.6) is 5.75 Å². The Balaban J connectivity index is 1.21. The van der Waals surface area contributed by atoms with Crippen LogP contribution in [0.3, 0.4) is 0 Å². The molecule has 2 aliphatic heterocycles. The Kier molecular flexibility index (Phi) is 6.46. The summed E-state index contributed by atoms with van der Waals surface area (Å²) < 4.78 is 43.0. The highest BCUT2D eigenvalue weighted by Gasteiger charge is 2.43. The second-order valence-corrected chi connectivity index (χ2v) is 10.3. The zero-order valence-corrected chi connectivity index (χ0v) is 21.0. The number of nitrogens with two attached hydrogens (primary N) is 1. The van der Waals surface area contributed by atoms with Crippen molar-refractivity contribution < 1.29 is 27.6 Å². The van der Waals surface area contributed by atoms with Gasteiger partial charge in [0.05, 0.1) is 12.7 Å². The van der Waals surface area contributed by atoms with Crippen molar-refractivity contribution in [2.75, 3.05) is 4.90 Å². The molecule has 38 heavy (non-hydrogen) atoms. The van der Waals surface area contributed by atoms with Crippen LogP contribution in [0.25, 0.3) is 11.3 Å². The number of alkyl halides is 2. The van der Waals surface area contributed by atoms with Crippen LogP contribution in [0.15, 0.2) is 34.9 Å². The number of primary amides is 1. The normalized spacial score (nSPS) is 22.7. The molecule has 3 aromatic rings. The third-order valence-electron chi connectivity index (χ3n) is 7.60. The van der Waals surface area contributed by atoms with Crippen LogP contribution in [0.1, 0.15) is 71.9 Å². The maximum absolute atomic E-state index is 13.0. The van der Waals surface area contributed by atoms with Crippen molar-refractivity contribution in [2.45, 2.75) is 82.8 Å². The van der Waals surface area contributed by atoms with E-state index in [0.717, 1.165) is 49.8 Å². The first-order valence-corrected chi connectivity index (χ1v) is 13.0. The molecule has 2 aromatic heterocycles. The fourth-order valence-corrected chi connectivity index (χ4v) is 5.79. The zero-order chi connectivity index (χ0) is 26.4. The predicted octanol–water partition coefficient (Wildman–Crippen LogP) is 4.73. The van der Waals surface area contributed by atoms with Gasteiger partial charge in [-0.1, -0.05) is 17.3 Å². The Morgan fingerprint density at radius 1 is 1.16 bits per heavy atom. The minimum atomic E-state index is -2.94. The highest BCUT2D eigenvalue weighted by molar-refractivity contribution is 5.91. The number of carbonyl (C=O) groups excluding carboxylic acids is 1. The monoisotopic (exact) mass is 525 g/mol. The van der Waals surface area contributed by atoms with Crippen molar-refractivity contribution in [3.63, 3.8) is 0 Å².